The molecule has 2 aromatic carbocycles. The summed E-state index contributed by atoms with van der Waals surface area (Å²) >= 11 is 0. The molecule has 1 aliphatic rings. The Morgan fingerprint density at radius 3 is 2.70 bits per heavy atom. The number of carbonyl (C=O) groups excluding carboxylic acids is 1. The summed E-state index contributed by atoms with van der Waals surface area (Å²) in [6, 6.07) is 7.99. The van der Waals surface area contributed by atoms with Gasteiger partial charge in [0.05, 0.1) is 12.0 Å². The molecular weight excluding hydrogens is 323 g/mol. The molecule has 120 valence electrons. The molecule has 0 atom stereocenters. The maximum atomic E-state index is 13.7. The second-order valence-electron chi connectivity index (χ2n) is 4.96. The summed E-state index contributed by atoms with van der Waals surface area (Å²) in [6.45, 7) is 0.348. The number of hydrogen-bond donors (Lipinski definition) is 2. The summed E-state index contributed by atoms with van der Waals surface area (Å²) < 4.78 is 45.4. The topological polar surface area (TPSA) is 84.5 Å². The van der Waals surface area contributed by atoms with E-state index < -0.39 is 15.8 Å². The van der Waals surface area contributed by atoms with Gasteiger partial charge in [0.2, 0.25) is 0 Å². The van der Waals surface area contributed by atoms with E-state index in [1.54, 1.807) is 12.1 Å². The minimum atomic E-state index is -3.94. The monoisotopic (exact) mass is 336 g/mol. The van der Waals surface area contributed by atoms with Crippen molar-refractivity contribution >= 4 is 21.6 Å². The number of anilines is 1. The molecular formula is C15H13FN2O4S. The van der Waals surface area contributed by atoms with E-state index in [1.807, 2.05) is 0 Å². The van der Waals surface area contributed by atoms with Crippen LogP contribution in [0.3, 0.4) is 0 Å². The molecule has 0 fully saturated rings. The number of benzene rings is 2. The first-order valence-electron chi connectivity index (χ1n) is 6.68. The number of rotatable bonds is 4. The Morgan fingerprint density at radius 1 is 1.22 bits per heavy atom. The highest BCUT2D eigenvalue weighted by molar-refractivity contribution is 7.92. The molecule has 0 saturated heterocycles. The van der Waals surface area contributed by atoms with Crippen molar-refractivity contribution in [2.24, 2.45) is 0 Å². The molecule has 0 radical (unpaired) electrons. The smallest absolute Gasteiger partial charge is 0.262 e. The first-order chi connectivity index (χ1) is 10.9. The quantitative estimate of drug-likeness (QED) is 0.893. The maximum Gasteiger partial charge on any atom is 0.262 e. The molecule has 0 saturated carbocycles. The minimum absolute atomic E-state index is 0.0360. The van der Waals surface area contributed by atoms with E-state index in [9.17, 15) is 17.6 Å². The van der Waals surface area contributed by atoms with E-state index in [2.05, 4.69) is 10.0 Å². The van der Waals surface area contributed by atoms with Gasteiger partial charge >= 0.3 is 0 Å². The second kappa shape index (κ2) is 5.54. The summed E-state index contributed by atoms with van der Waals surface area (Å²) in [4.78, 5) is 11.3. The number of halogens is 1. The molecule has 2 aromatic rings. The number of fused-ring (bicyclic) bond motifs is 1. The summed E-state index contributed by atoms with van der Waals surface area (Å²) in [5.74, 6) is -0.989. The number of amides is 1. The third-order valence-corrected chi connectivity index (χ3v) is 4.85. The van der Waals surface area contributed by atoms with Crippen LogP contribution in [0.25, 0.3) is 0 Å². The molecule has 2 N–H and O–H groups in total. The molecule has 0 bridgehead atoms. The lowest BCUT2D eigenvalue weighted by Gasteiger charge is -2.10. The van der Waals surface area contributed by atoms with Gasteiger partial charge in [0.1, 0.15) is 0 Å². The molecule has 0 aromatic heterocycles. The number of methoxy groups -OCH3 is 1. The van der Waals surface area contributed by atoms with Gasteiger partial charge in [-0.05, 0) is 42.0 Å². The fraction of sp³-hybridized carbons (Fsp3) is 0.133. The van der Waals surface area contributed by atoms with Gasteiger partial charge in [0.15, 0.2) is 11.6 Å². The van der Waals surface area contributed by atoms with Crippen molar-refractivity contribution in [3.63, 3.8) is 0 Å². The van der Waals surface area contributed by atoms with Gasteiger partial charge < -0.3 is 10.1 Å². The van der Waals surface area contributed by atoms with Gasteiger partial charge in [0.25, 0.3) is 15.9 Å². The van der Waals surface area contributed by atoms with Crippen LogP contribution >= 0.6 is 0 Å². The number of nitrogens with one attached hydrogen (secondary N) is 2. The number of ether oxygens (including phenoxy) is 1. The predicted octanol–water partition coefficient (Wildman–Crippen LogP) is 1.88. The highest BCUT2D eigenvalue weighted by Crippen LogP contribution is 2.25. The Bertz CT molecular complexity index is 896. The van der Waals surface area contributed by atoms with Crippen LogP contribution in [0.1, 0.15) is 15.9 Å². The summed E-state index contributed by atoms with van der Waals surface area (Å²) in [6.07, 6.45) is 0. The van der Waals surface area contributed by atoms with Crippen molar-refractivity contribution < 1.29 is 22.3 Å². The molecule has 0 aliphatic carbocycles. The van der Waals surface area contributed by atoms with Crippen molar-refractivity contribution in [3.8, 4) is 5.75 Å². The minimum Gasteiger partial charge on any atom is -0.494 e. The standard InChI is InChI=1S/C15H13FN2O4S/c1-22-14-5-3-11(7-13(14)16)23(20,21)18-10-2-4-12-9(6-10)8-17-15(12)19/h2-7,18H,8H2,1H3,(H,17,19). The SMILES string of the molecule is COc1ccc(S(=O)(=O)Nc2ccc3c(c2)CNC3=O)cc1F. The highest BCUT2D eigenvalue weighted by Gasteiger charge is 2.21. The zero-order valence-corrected chi connectivity index (χ0v) is 12.9. The van der Waals surface area contributed by atoms with Crippen LogP contribution in [0, 0.1) is 5.82 Å². The van der Waals surface area contributed by atoms with Gasteiger partial charge in [-0.2, -0.15) is 0 Å². The Hall–Kier alpha value is -2.61. The Balaban J connectivity index is 1.90. The van der Waals surface area contributed by atoms with Crippen LogP contribution in [0.5, 0.6) is 5.75 Å². The van der Waals surface area contributed by atoms with Crippen LogP contribution in [0.2, 0.25) is 0 Å². The Morgan fingerprint density at radius 2 is 2.00 bits per heavy atom. The van der Waals surface area contributed by atoms with Crippen molar-refractivity contribution in [2.45, 2.75) is 11.4 Å². The fourth-order valence-corrected chi connectivity index (χ4v) is 3.38. The van der Waals surface area contributed by atoms with Gasteiger partial charge in [-0.25, -0.2) is 12.8 Å². The van der Waals surface area contributed by atoms with Gasteiger partial charge in [-0.1, -0.05) is 0 Å². The van der Waals surface area contributed by atoms with Gasteiger partial charge in [-0.3, -0.25) is 9.52 Å². The lowest BCUT2D eigenvalue weighted by Crippen LogP contribution is -2.13. The lowest BCUT2D eigenvalue weighted by atomic mass is 10.1. The number of hydrogen-bond acceptors (Lipinski definition) is 4. The first kappa shape index (κ1) is 15.3. The zero-order valence-electron chi connectivity index (χ0n) is 12.1. The molecule has 23 heavy (non-hydrogen) atoms. The molecule has 1 amide bonds. The van der Waals surface area contributed by atoms with Gasteiger partial charge in [-0.15, -0.1) is 0 Å². The summed E-state index contributed by atoms with van der Waals surface area (Å²) in [5, 5.41) is 2.65. The molecule has 0 unspecified atom stereocenters. The Labute approximate surface area is 132 Å². The van der Waals surface area contributed by atoms with Crippen molar-refractivity contribution in [3.05, 3.63) is 53.3 Å². The van der Waals surface area contributed by atoms with E-state index in [0.717, 1.165) is 6.07 Å². The first-order valence-corrected chi connectivity index (χ1v) is 8.16. The third kappa shape index (κ3) is 2.85. The van der Waals surface area contributed by atoms with Crippen LogP contribution in [-0.4, -0.2) is 21.4 Å². The molecule has 8 heteroatoms. The van der Waals surface area contributed by atoms with Gasteiger partial charge in [0, 0.05) is 17.8 Å². The van der Waals surface area contributed by atoms with Crippen molar-refractivity contribution in [1.29, 1.82) is 0 Å². The number of carbonyl (C=O) groups is 1. The average Bonchev–Trinajstić information content (AvgIpc) is 2.87. The van der Waals surface area contributed by atoms with E-state index >= 15 is 0 Å². The molecule has 1 aliphatic heterocycles. The zero-order chi connectivity index (χ0) is 16.6. The van der Waals surface area contributed by atoms with Crippen molar-refractivity contribution in [1.82, 2.24) is 5.32 Å². The van der Waals surface area contributed by atoms with Crippen LogP contribution in [-0.2, 0) is 16.6 Å². The van der Waals surface area contributed by atoms with Crippen molar-refractivity contribution in [2.75, 3.05) is 11.8 Å². The predicted molar refractivity (Wildman–Crippen MR) is 81.4 cm³/mol. The average molecular weight is 336 g/mol. The van der Waals surface area contributed by atoms with E-state index in [1.165, 1.54) is 25.3 Å². The normalized spacial score (nSPS) is 13.4. The number of sulfonamides is 1. The summed E-state index contributed by atoms with van der Waals surface area (Å²) in [5.41, 5.74) is 1.52. The lowest BCUT2D eigenvalue weighted by molar-refractivity contribution is 0.0965. The Kier molecular flexibility index (Phi) is 3.69. The largest absolute Gasteiger partial charge is 0.494 e. The molecule has 3 rings (SSSR count). The van der Waals surface area contributed by atoms with Crippen LogP contribution in [0.15, 0.2) is 41.3 Å². The molecule has 1 heterocycles. The van der Waals surface area contributed by atoms with Crippen LogP contribution < -0.4 is 14.8 Å². The fourth-order valence-electron chi connectivity index (χ4n) is 2.32. The molecule has 6 nitrogen and oxygen atoms in total. The highest BCUT2D eigenvalue weighted by atomic mass is 32.2. The van der Waals surface area contributed by atoms with E-state index in [4.69, 9.17) is 4.74 Å². The van der Waals surface area contributed by atoms with E-state index in [-0.39, 0.29) is 16.6 Å². The second-order valence-corrected chi connectivity index (χ2v) is 6.64. The maximum absolute atomic E-state index is 13.7. The van der Waals surface area contributed by atoms with E-state index in [0.29, 0.717) is 23.4 Å². The third-order valence-electron chi connectivity index (χ3n) is 3.48. The van der Waals surface area contributed by atoms with Crippen LogP contribution in [0.4, 0.5) is 10.1 Å². The molecule has 0 spiro atoms. The summed E-state index contributed by atoms with van der Waals surface area (Å²) in [7, 11) is -2.65.